The van der Waals surface area contributed by atoms with Gasteiger partial charge in [0, 0.05) is 0 Å². The molecule has 6 N–H and O–H groups in total. The van der Waals surface area contributed by atoms with Crippen molar-refractivity contribution in [2.24, 2.45) is 0 Å². The Morgan fingerprint density at radius 2 is 1.67 bits per heavy atom. The fourth-order valence-corrected chi connectivity index (χ4v) is 0.537. The summed E-state index contributed by atoms with van der Waals surface area (Å²) in [6.07, 6.45) is 0. The molecule has 0 saturated carbocycles. The Hall–Kier alpha value is 0.414. The zero-order chi connectivity index (χ0) is 5.91. The molecule has 0 radical (unpaired) electrons. The first-order valence-corrected chi connectivity index (χ1v) is 3.80. The second-order valence-electron chi connectivity index (χ2n) is 0.647. The second-order valence-corrected chi connectivity index (χ2v) is 2.79. The van der Waals surface area contributed by atoms with Gasteiger partial charge in [0.1, 0.15) is 0 Å². The molecule has 0 spiro atoms. The quantitative estimate of drug-likeness (QED) is 0.484. The second kappa shape index (κ2) is 6.53. The van der Waals surface area contributed by atoms with E-state index in [2.05, 4.69) is 3.45 Å². The predicted octanol–water partition coefficient (Wildman–Crippen LogP) is -2.21. The third kappa shape index (κ3) is 17.8. The summed E-state index contributed by atoms with van der Waals surface area (Å²) in [5.41, 5.74) is 0. The molecule has 0 aliphatic rings. The van der Waals surface area contributed by atoms with Gasteiger partial charge in [-0.3, -0.25) is 0 Å². The van der Waals surface area contributed by atoms with E-state index in [1.165, 1.54) is 0 Å². The summed E-state index contributed by atoms with van der Waals surface area (Å²) < 4.78 is 22.3. The van der Waals surface area contributed by atoms with Crippen LogP contribution in [0.2, 0.25) is 0 Å². The molecule has 0 heterocycles. The van der Waals surface area contributed by atoms with Crippen molar-refractivity contribution in [1.82, 2.24) is 0 Å². The van der Waals surface area contributed by atoms with Crippen LogP contribution in [0.15, 0.2) is 0 Å². The normalized spacial score (nSPS) is 8.67. The zero-order valence-electron chi connectivity index (χ0n) is 4.01. The van der Waals surface area contributed by atoms with E-state index in [0.29, 0.717) is 0 Å². The molecule has 9 heteroatoms. The van der Waals surface area contributed by atoms with Crippen molar-refractivity contribution in [1.29, 1.82) is 0 Å². The molecule has 0 aromatic rings. The maximum absolute atomic E-state index is 9.53. The van der Waals surface area contributed by atoms with E-state index in [0.717, 1.165) is 0 Å². The van der Waals surface area contributed by atoms with E-state index in [1.54, 1.807) is 0 Å². The first kappa shape index (κ1) is 16.2. The van der Waals surface area contributed by atoms with E-state index in [-0.39, 0.29) is 11.0 Å². The molecule has 0 unspecified atom stereocenters. The molecule has 0 saturated heterocycles. The molecule has 0 aliphatic carbocycles. The summed E-state index contributed by atoms with van der Waals surface area (Å²) >= 11 is -1.88. The Bertz CT molecular complexity index is 101. The molecule has 0 aromatic heterocycles. The topological polar surface area (TPSA) is 147 Å². The van der Waals surface area contributed by atoms with Gasteiger partial charge in [-0.05, 0) is 0 Å². The summed E-state index contributed by atoms with van der Waals surface area (Å²) in [5.74, 6) is 0. The van der Waals surface area contributed by atoms with Crippen LogP contribution in [0.4, 0.5) is 0 Å². The van der Waals surface area contributed by atoms with Crippen molar-refractivity contribution in [2.75, 3.05) is 0 Å². The minimum absolute atomic E-state index is 0. The van der Waals surface area contributed by atoms with Crippen molar-refractivity contribution in [2.45, 2.75) is 0 Å². The molecular formula is H6O7PV. The Morgan fingerprint density at radius 3 is 1.67 bits per heavy atom. The van der Waals surface area contributed by atoms with Crippen LogP contribution >= 0.6 is 7.82 Å². The summed E-state index contributed by atoms with van der Waals surface area (Å²) in [4.78, 5) is 15.5. The number of phosphoric acid groups is 1. The van der Waals surface area contributed by atoms with Crippen LogP contribution < -0.4 is 0 Å². The van der Waals surface area contributed by atoms with Gasteiger partial charge >= 0.3 is 45.9 Å². The van der Waals surface area contributed by atoms with Crippen LogP contribution in [0.3, 0.4) is 0 Å². The van der Waals surface area contributed by atoms with Gasteiger partial charge in [-0.25, -0.2) is 0 Å². The SMILES string of the molecule is O.O.[O]=[V][O]P(=O)(O)O. The molecule has 9 heavy (non-hydrogen) atoms. The Morgan fingerprint density at radius 1 is 1.33 bits per heavy atom. The van der Waals surface area contributed by atoms with E-state index in [1.807, 2.05) is 0 Å². The summed E-state index contributed by atoms with van der Waals surface area (Å²) in [6, 6.07) is 0. The monoisotopic (exact) mass is 200 g/mol. The van der Waals surface area contributed by atoms with Gasteiger partial charge in [-0.2, -0.15) is 0 Å². The van der Waals surface area contributed by atoms with E-state index < -0.39 is 24.4 Å². The van der Waals surface area contributed by atoms with E-state index >= 15 is 0 Å². The molecule has 7 nitrogen and oxygen atoms in total. The number of hydrogen-bond donors (Lipinski definition) is 2. The zero-order valence-corrected chi connectivity index (χ0v) is 6.30. The van der Waals surface area contributed by atoms with Crippen molar-refractivity contribution < 1.29 is 49.0 Å². The molecule has 0 atom stereocenters. The summed E-state index contributed by atoms with van der Waals surface area (Å²) in [5, 5.41) is 0. The molecule has 58 valence electrons. The van der Waals surface area contributed by atoms with Crippen molar-refractivity contribution >= 4 is 7.82 Å². The van der Waals surface area contributed by atoms with Crippen LogP contribution in [0.25, 0.3) is 0 Å². The third-order valence-electron chi connectivity index (χ3n) is 0.140. The van der Waals surface area contributed by atoms with Crippen LogP contribution in [-0.2, 0) is 28.3 Å². The molecular weight excluding hydrogens is 194 g/mol. The molecule has 0 fully saturated rings. The van der Waals surface area contributed by atoms with Gasteiger partial charge in [-0.1, -0.05) is 0 Å². The minimum atomic E-state index is -4.44. The van der Waals surface area contributed by atoms with Gasteiger partial charge in [0.15, 0.2) is 0 Å². The first-order valence-electron chi connectivity index (χ1n) is 1.13. The molecule has 0 aromatic carbocycles. The van der Waals surface area contributed by atoms with Crippen LogP contribution in [0, 0.1) is 0 Å². The van der Waals surface area contributed by atoms with Crippen LogP contribution in [0.1, 0.15) is 0 Å². The van der Waals surface area contributed by atoms with Gasteiger partial charge < -0.3 is 11.0 Å². The summed E-state index contributed by atoms with van der Waals surface area (Å²) in [6.45, 7) is 0. The van der Waals surface area contributed by atoms with Gasteiger partial charge in [-0.15, -0.1) is 0 Å². The summed E-state index contributed by atoms with van der Waals surface area (Å²) in [7, 11) is -4.44. The number of hydrogen-bond acceptors (Lipinski definition) is 3. The van der Waals surface area contributed by atoms with E-state index in [4.69, 9.17) is 9.79 Å². The van der Waals surface area contributed by atoms with Crippen molar-refractivity contribution in [3.63, 3.8) is 0 Å². The van der Waals surface area contributed by atoms with Gasteiger partial charge in [0.05, 0.1) is 0 Å². The standard InChI is InChI=1S/H3O4P.2H2O.O.V/c1-5(2,3)4;;;;/h(H3,1,2,3,4);2*1H2;;/q;;;;+1/p-1. The fraction of sp³-hybridized carbons (Fsp3) is 0. The first-order chi connectivity index (χ1) is 3.06. The molecule has 0 amide bonds. The average molecular weight is 200 g/mol. The molecule has 0 aliphatic heterocycles. The predicted molar refractivity (Wildman–Crippen MR) is 21.0 cm³/mol. The molecule has 0 bridgehead atoms. The van der Waals surface area contributed by atoms with Crippen LogP contribution in [-0.4, -0.2) is 20.7 Å². The van der Waals surface area contributed by atoms with Gasteiger partial charge in [0.25, 0.3) is 0 Å². The Kier molecular flexibility index (Phi) is 11.8. The average Bonchev–Trinajstić information content (AvgIpc) is 1.30. The van der Waals surface area contributed by atoms with Crippen molar-refractivity contribution in [3.8, 4) is 0 Å². The van der Waals surface area contributed by atoms with Crippen molar-refractivity contribution in [3.05, 3.63) is 0 Å². The molecule has 0 rings (SSSR count). The number of rotatable bonds is 2. The van der Waals surface area contributed by atoms with Crippen LogP contribution in [0.5, 0.6) is 0 Å². The third-order valence-corrected chi connectivity index (χ3v) is 1.73. The maximum atomic E-state index is 9.53. The Balaban J connectivity index is -0.000000180. The van der Waals surface area contributed by atoms with E-state index in [9.17, 15) is 8.24 Å². The fourth-order valence-electron chi connectivity index (χ4n) is 0.0434. The van der Waals surface area contributed by atoms with Gasteiger partial charge in [0.2, 0.25) is 0 Å². The Labute approximate surface area is 57.5 Å².